The van der Waals surface area contributed by atoms with Gasteiger partial charge < -0.3 is 5.32 Å². The molecule has 0 saturated carbocycles. The summed E-state index contributed by atoms with van der Waals surface area (Å²) in [6.45, 7) is 0.535. The molecule has 0 spiro atoms. The Bertz CT molecular complexity index is 482. The molecule has 82 valence electrons. The first-order chi connectivity index (χ1) is 7.77. The van der Waals surface area contributed by atoms with E-state index in [9.17, 15) is 4.79 Å². The predicted octanol–water partition coefficient (Wildman–Crippen LogP) is 3.33. The third kappa shape index (κ3) is 2.62. The van der Waals surface area contributed by atoms with Gasteiger partial charge in [-0.15, -0.1) is 0 Å². The minimum atomic E-state index is -0.142. The maximum atomic E-state index is 11.8. The van der Waals surface area contributed by atoms with Crippen LogP contribution < -0.4 is 5.32 Å². The molecule has 1 aromatic carbocycles. The Morgan fingerprint density at radius 1 is 1.31 bits per heavy atom. The normalized spacial score (nSPS) is 10.1. The summed E-state index contributed by atoms with van der Waals surface area (Å²) in [6, 6.07) is 9.01. The molecule has 0 atom stereocenters. The summed E-state index contributed by atoms with van der Waals surface area (Å²) in [6.07, 6.45) is 0. The fourth-order valence-corrected chi connectivity index (χ4v) is 2.21. The van der Waals surface area contributed by atoms with Gasteiger partial charge in [0.05, 0.1) is 10.6 Å². The lowest BCUT2D eigenvalue weighted by Gasteiger charge is -2.05. The van der Waals surface area contributed by atoms with E-state index in [0.29, 0.717) is 17.1 Å². The van der Waals surface area contributed by atoms with Crippen molar-refractivity contribution in [2.45, 2.75) is 6.54 Å². The van der Waals surface area contributed by atoms with Crippen molar-refractivity contribution in [3.8, 4) is 0 Å². The van der Waals surface area contributed by atoms with E-state index < -0.39 is 0 Å². The van der Waals surface area contributed by atoms with Gasteiger partial charge in [-0.3, -0.25) is 4.79 Å². The monoisotopic (exact) mass is 251 g/mol. The summed E-state index contributed by atoms with van der Waals surface area (Å²) in [5.41, 5.74) is 1.62. The zero-order valence-electron chi connectivity index (χ0n) is 8.44. The Morgan fingerprint density at radius 2 is 2.12 bits per heavy atom. The minimum Gasteiger partial charge on any atom is -0.348 e. The van der Waals surface area contributed by atoms with E-state index in [1.165, 1.54) is 0 Å². The van der Waals surface area contributed by atoms with Crippen LogP contribution in [0, 0.1) is 0 Å². The van der Waals surface area contributed by atoms with Gasteiger partial charge in [0.25, 0.3) is 5.91 Å². The molecule has 1 aromatic heterocycles. The van der Waals surface area contributed by atoms with E-state index in [-0.39, 0.29) is 5.91 Å². The minimum absolute atomic E-state index is 0.142. The first kappa shape index (κ1) is 11.2. The van der Waals surface area contributed by atoms with Gasteiger partial charge in [-0.1, -0.05) is 23.7 Å². The SMILES string of the molecule is O=C(NCc1ccsc1)c1ccccc1Cl. The highest BCUT2D eigenvalue weighted by Crippen LogP contribution is 2.14. The number of nitrogens with one attached hydrogen (secondary N) is 1. The van der Waals surface area contributed by atoms with E-state index in [0.717, 1.165) is 5.56 Å². The zero-order chi connectivity index (χ0) is 11.4. The van der Waals surface area contributed by atoms with Crippen LogP contribution in [0.5, 0.6) is 0 Å². The van der Waals surface area contributed by atoms with Crippen molar-refractivity contribution in [1.82, 2.24) is 5.32 Å². The van der Waals surface area contributed by atoms with Gasteiger partial charge in [-0.05, 0) is 34.5 Å². The largest absolute Gasteiger partial charge is 0.348 e. The number of rotatable bonds is 3. The molecule has 0 unspecified atom stereocenters. The van der Waals surface area contributed by atoms with E-state index in [1.807, 2.05) is 16.8 Å². The van der Waals surface area contributed by atoms with Gasteiger partial charge in [0, 0.05) is 6.54 Å². The smallest absolute Gasteiger partial charge is 0.253 e. The molecule has 0 aliphatic rings. The zero-order valence-corrected chi connectivity index (χ0v) is 10.0. The van der Waals surface area contributed by atoms with Crippen molar-refractivity contribution in [2.75, 3.05) is 0 Å². The van der Waals surface area contributed by atoms with Crippen LogP contribution in [-0.4, -0.2) is 5.91 Å². The van der Waals surface area contributed by atoms with Crippen LogP contribution in [0.2, 0.25) is 5.02 Å². The summed E-state index contributed by atoms with van der Waals surface area (Å²) in [7, 11) is 0. The van der Waals surface area contributed by atoms with Crippen molar-refractivity contribution >= 4 is 28.8 Å². The van der Waals surface area contributed by atoms with Gasteiger partial charge in [-0.25, -0.2) is 0 Å². The van der Waals surface area contributed by atoms with Gasteiger partial charge in [-0.2, -0.15) is 11.3 Å². The number of hydrogen-bond donors (Lipinski definition) is 1. The Morgan fingerprint density at radius 3 is 2.81 bits per heavy atom. The number of thiophene rings is 1. The average molecular weight is 252 g/mol. The molecule has 2 rings (SSSR count). The lowest BCUT2D eigenvalue weighted by atomic mass is 10.2. The molecule has 0 aliphatic carbocycles. The van der Waals surface area contributed by atoms with Crippen LogP contribution in [0.3, 0.4) is 0 Å². The second-order valence-corrected chi connectivity index (χ2v) is 4.48. The molecule has 2 nitrogen and oxygen atoms in total. The van der Waals surface area contributed by atoms with Gasteiger partial charge in [0.15, 0.2) is 0 Å². The van der Waals surface area contributed by atoms with E-state index in [2.05, 4.69) is 5.32 Å². The van der Waals surface area contributed by atoms with Crippen LogP contribution in [0.15, 0.2) is 41.1 Å². The summed E-state index contributed by atoms with van der Waals surface area (Å²) >= 11 is 7.53. The lowest BCUT2D eigenvalue weighted by Crippen LogP contribution is -2.22. The van der Waals surface area contributed by atoms with Crippen molar-refractivity contribution in [1.29, 1.82) is 0 Å². The first-order valence-electron chi connectivity index (χ1n) is 4.81. The van der Waals surface area contributed by atoms with Crippen molar-refractivity contribution in [2.24, 2.45) is 0 Å². The van der Waals surface area contributed by atoms with Crippen molar-refractivity contribution in [3.05, 3.63) is 57.2 Å². The summed E-state index contributed by atoms with van der Waals surface area (Å²) < 4.78 is 0. The molecule has 16 heavy (non-hydrogen) atoms. The molecular weight excluding hydrogens is 242 g/mol. The molecule has 0 fully saturated rings. The number of benzene rings is 1. The fourth-order valence-electron chi connectivity index (χ4n) is 1.32. The Hall–Kier alpha value is -1.32. The number of carbonyl (C=O) groups is 1. The van der Waals surface area contributed by atoms with Crippen LogP contribution in [0.4, 0.5) is 0 Å². The molecule has 4 heteroatoms. The van der Waals surface area contributed by atoms with Crippen LogP contribution >= 0.6 is 22.9 Å². The molecular formula is C12H10ClNOS. The maximum Gasteiger partial charge on any atom is 0.253 e. The maximum absolute atomic E-state index is 11.8. The highest BCUT2D eigenvalue weighted by Gasteiger charge is 2.08. The Labute approximate surface area is 103 Å². The molecule has 0 aliphatic heterocycles. The van der Waals surface area contributed by atoms with E-state index in [4.69, 9.17) is 11.6 Å². The molecule has 0 radical (unpaired) electrons. The molecule has 1 N–H and O–H groups in total. The molecule has 1 amide bonds. The number of carbonyl (C=O) groups excluding carboxylic acids is 1. The van der Waals surface area contributed by atoms with Crippen LogP contribution in [0.25, 0.3) is 0 Å². The second-order valence-electron chi connectivity index (χ2n) is 3.29. The van der Waals surface area contributed by atoms with Gasteiger partial charge >= 0.3 is 0 Å². The summed E-state index contributed by atoms with van der Waals surface area (Å²) in [5, 5.41) is 7.29. The topological polar surface area (TPSA) is 29.1 Å². The standard InChI is InChI=1S/C12H10ClNOS/c13-11-4-2-1-3-10(11)12(15)14-7-9-5-6-16-8-9/h1-6,8H,7H2,(H,14,15). The highest BCUT2D eigenvalue weighted by molar-refractivity contribution is 7.07. The summed E-state index contributed by atoms with van der Waals surface area (Å²) in [5.74, 6) is -0.142. The molecule has 2 aromatic rings. The highest BCUT2D eigenvalue weighted by atomic mass is 35.5. The fraction of sp³-hybridized carbons (Fsp3) is 0.0833. The van der Waals surface area contributed by atoms with Crippen LogP contribution in [0.1, 0.15) is 15.9 Å². The van der Waals surface area contributed by atoms with Crippen LogP contribution in [-0.2, 0) is 6.54 Å². The number of amides is 1. The first-order valence-corrected chi connectivity index (χ1v) is 6.13. The Balaban J connectivity index is 2.01. The van der Waals surface area contributed by atoms with Gasteiger partial charge in [0.1, 0.15) is 0 Å². The molecule has 0 bridgehead atoms. The van der Waals surface area contributed by atoms with E-state index in [1.54, 1.807) is 35.6 Å². The van der Waals surface area contributed by atoms with Crippen molar-refractivity contribution < 1.29 is 4.79 Å². The third-order valence-corrected chi connectivity index (χ3v) is 3.21. The lowest BCUT2D eigenvalue weighted by molar-refractivity contribution is 0.0951. The number of hydrogen-bond acceptors (Lipinski definition) is 2. The molecule has 0 saturated heterocycles. The number of halogens is 1. The van der Waals surface area contributed by atoms with Crippen molar-refractivity contribution in [3.63, 3.8) is 0 Å². The predicted molar refractivity (Wildman–Crippen MR) is 66.9 cm³/mol. The average Bonchev–Trinajstić information content (AvgIpc) is 2.79. The quantitative estimate of drug-likeness (QED) is 0.891. The molecule has 1 heterocycles. The third-order valence-electron chi connectivity index (χ3n) is 2.15. The van der Waals surface area contributed by atoms with E-state index >= 15 is 0 Å². The summed E-state index contributed by atoms with van der Waals surface area (Å²) in [4.78, 5) is 11.8. The second kappa shape index (κ2) is 5.14. The Kier molecular flexibility index (Phi) is 3.59. The van der Waals surface area contributed by atoms with Gasteiger partial charge in [0.2, 0.25) is 0 Å².